The van der Waals surface area contributed by atoms with Crippen LogP contribution >= 0.6 is 0 Å². The van der Waals surface area contributed by atoms with Gasteiger partial charge in [-0.25, -0.2) is 0 Å². The Balaban J connectivity index is 2.53. The number of aryl methyl sites for hydroxylation is 1. The van der Waals surface area contributed by atoms with Gasteiger partial charge in [-0.1, -0.05) is 0 Å². The first-order valence-corrected chi connectivity index (χ1v) is 6.13. The van der Waals surface area contributed by atoms with Crippen molar-refractivity contribution in [2.45, 2.75) is 13.8 Å². The van der Waals surface area contributed by atoms with E-state index in [1.54, 1.807) is 6.92 Å². The van der Waals surface area contributed by atoms with Crippen LogP contribution in [0, 0.1) is 24.0 Å². The molecule has 0 aliphatic heterocycles. The van der Waals surface area contributed by atoms with E-state index in [4.69, 9.17) is 4.42 Å². The van der Waals surface area contributed by atoms with E-state index in [1.807, 2.05) is 0 Å². The first-order chi connectivity index (χ1) is 10.4. The molecule has 0 radical (unpaired) electrons. The number of hydrogen-bond acceptors (Lipinski definition) is 7. The van der Waals surface area contributed by atoms with Gasteiger partial charge in [-0.15, -0.1) is 10.2 Å². The average molecular weight is 303 g/mol. The van der Waals surface area contributed by atoms with E-state index >= 15 is 0 Å². The van der Waals surface area contributed by atoms with Gasteiger partial charge in [-0.05, 0) is 6.92 Å². The first kappa shape index (κ1) is 13.7. The van der Waals surface area contributed by atoms with Crippen molar-refractivity contribution in [2.24, 2.45) is 0 Å². The lowest BCUT2D eigenvalue weighted by molar-refractivity contribution is -0.385. The largest absolute Gasteiger partial charge is 0.421 e. The fourth-order valence-corrected chi connectivity index (χ4v) is 2.20. The lowest BCUT2D eigenvalue weighted by Gasteiger charge is -2.07. The maximum absolute atomic E-state index is 11.6. The van der Waals surface area contributed by atoms with Crippen LogP contribution in [0.1, 0.15) is 11.5 Å². The lowest BCUT2D eigenvalue weighted by Crippen LogP contribution is -2.29. The van der Waals surface area contributed by atoms with Crippen molar-refractivity contribution in [3.8, 4) is 11.5 Å². The molecule has 0 aliphatic rings. The van der Waals surface area contributed by atoms with Crippen LogP contribution in [0.2, 0.25) is 0 Å². The second-order valence-electron chi connectivity index (χ2n) is 4.61. The third-order valence-corrected chi connectivity index (χ3v) is 3.19. The van der Waals surface area contributed by atoms with Gasteiger partial charge in [0, 0.05) is 18.6 Å². The van der Waals surface area contributed by atoms with Crippen molar-refractivity contribution in [1.29, 1.82) is 0 Å². The van der Waals surface area contributed by atoms with Crippen LogP contribution in [0.4, 0.5) is 5.69 Å². The molecule has 0 fully saturated rings. The summed E-state index contributed by atoms with van der Waals surface area (Å²) in [6.45, 7) is 3.06. The molecule has 3 rings (SSSR count). The summed E-state index contributed by atoms with van der Waals surface area (Å²) in [6, 6.07) is 1.18. The Morgan fingerprint density at radius 1 is 1.18 bits per heavy atom. The SMILES string of the molecule is Cc1nnc(-c2c(C)c([N+](=O)[O-])cc3[nH]c(=O)c(=O)[nH]c23)o1. The van der Waals surface area contributed by atoms with Crippen LogP contribution < -0.4 is 11.1 Å². The van der Waals surface area contributed by atoms with Crippen molar-refractivity contribution in [2.75, 3.05) is 0 Å². The Bertz CT molecular complexity index is 1030. The number of rotatable bonds is 2. The van der Waals surface area contributed by atoms with Crippen molar-refractivity contribution in [3.05, 3.63) is 48.3 Å². The van der Waals surface area contributed by atoms with Gasteiger partial charge in [0.1, 0.15) is 0 Å². The second kappa shape index (κ2) is 4.62. The zero-order valence-corrected chi connectivity index (χ0v) is 11.5. The van der Waals surface area contributed by atoms with E-state index < -0.39 is 16.0 Å². The first-order valence-electron chi connectivity index (χ1n) is 6.13. The topological polar surface area (TPSA) is 148 Å². The molecular formula is C12H9N5O5. The Labute approximate surface area is 121 Å². The molecule has 0 bridgehead atoms. The number of H-pyrrole nitrogens is 2. The van der Waals surface area contributed by atoms with E-state index in [9.17, 15) is 19.7 Å². The van der Waals surface area contributed by atoms with Crippen LogP contribution in [-0.4, -0.2) is 25.1 Å². The third kappa shape index (κ3) is 1.97. The summed E-state index contributed by atoms with van der Waals surface area (Å²) in [4.78, 5) is 38.3. The van der Waals surface area contributed by atoms with Crippen LogP contribution in [0.3, 0.4) is 0 Å². The van der Waals surface area contributed by atoms with Gasteiger partial charge in [0.05, 0.1) is 21.5 Å². The highest BCUT2D eigenvalue weighted by Gasteiger charge is 2.23. The highest BCUT2D eigenvalue weighted by Crippen LogP contribution is 2.34. The van der Waals surface area contributed by atoms with Gasteiger partial charge >= 0.3 is 11.1 Å². The summed E-state index contributed by atoms with van der Waals surface area (Å²) in [7, 11) is 0. The molecular weight excluding hydrogens is 294 g/mol. The fraction of sp³-hybridized carbons (Fsp3) is 0.167. The number of nitrogens with one attached hydrogen (secondary N) is 2. The maximum atomic E-state index is 11.6. The minimum atomic E-state index is -0.904. The molecule has 1 aromatic carbocycles. The van der Waals surface area contributed by atoms with Crippen LogP contribution in [0.25, 0.3) is 22.5 Å². The molecule has 0 spiro atoms. The van der Waals surface area contributed by atoms with Crippen LogP contribution in [0.5, 0.6) is 0 Å². The Hall–Kier alpha value is -3.30. The smallest absolute Gasteiger partial charge is 0.314 e. The number of nitrogens with zero attached hydrogens (tertiary/aromatic N) is 3. The monoisotopic (exact) mass is 303 g/mol. The van der Waals surface area contributed by atoms with Gasteiger partial charge in [0.15, 0.2) is 0 Å². The normalized spacial score (nSPS) is 11.0. The molecule has 10 heteroatoms. The van der Waals surface area contributed by atoms with Crippen LogP contribution in [0.15, 0.2) is 20.1 Å². The zero-order chi connectivity index (χ0) is 16.0. The van der Waals surface area contributed by atoms with Gasteiger partial charge in [-0.3, -0.25) is 19.7 Å². The number of hydrogen-bond donors (Lipinski definition) is 2. The molecule has 0 saturated carbocycles. The molecule has 2 aromatic heterocycles. The van der Waals surface area contributed by atoms with Crippen molar-refractivity contribution in [3.63, 3.8) is 0 Å². The molecule has 0 amide bonds. The predicted octanol–water partition coefficient (Wildman–Crippen LogP) is 0.791. The number of benzene rings is 1. The molecule has 10 nitrogen and oxygen atoms in total. The summed E-state index contributed by atoms with van der Waals surface area (Å²) in [5, 5.41) is 18.7. The average Bonchev–Trinajstić information content (AvgIpc) is 2.86. The fourth-order valence-electron chi connectivity index (χ4n) is 2.20. The maximum Gasteiger partial charge on any atom is 0.314 e. The Morgan fingerprint density at radius 3 is 2.45 bits per heavy atom. The number of aromatic nitrogens is 4. The number of nitro groups is 1. The summed E-state index contributed by atoms with van der Waals surface area (Å²) >= 11 is 0. The van der Waals surface area contributed by atoms with Crippen molar-refractivity contribution < 1.29 is 9.34 Å². The molecule has 2 heterocycles. The van der Waals surface area contributed by atoms with Gasteiger partial charge in [0.2, 0.25) is 11.8 Å². The number of fused-ring (bicyclic) bond motifs is 1. The quantitative estimate of drug-likeness (QED) is 0.404. The number of nitro benzene ring substituents is 1. The summed E-state index contributed by atoms with van der Waals surface area (Å²) in [6.07, 6.45) is 0. The van der Waals surface area contributed by atoms with Crippen LogP contribution in [-0.2, 0) is 0 Å². The van der Waals surface area contributed by atoms with Gasteiger partial charge in [0.25, 0.3) is 5.69 Å². The predicted molar refractivity (Wildman–Crippen MR) is 74.6 cm³/mol. The molecule has 22 heavy (non-hydrogen) atoms. The third-order valence-electron chi connectivity index (χ3n) is 3.19. The molecule has 0 unspecified atom stereocenters. The Morgan fingerprint density at radius 2 is 1.86 bits per heavy atom. The molecule has 2 N–H and O–H groups in total. The molecule has 112 valence electrons. The standard InChI is InChI=1S/C12H9N5O5/c1-4-7(17(20)21)3-6-9(14-11(19)10(18)13-6)8(4)12-16-15-5(2)22-12/h3H,1-2H3,(H,13,18)(H,14,19). The van der Waals surface area contributed by atoms with E-state index in [-0.39, 0.29) is 39.6 Å². The van der Waals surface area contributed by atoms with Crippen molar-refractivity contribution in [1.82, 2.24) is 20.2 Å². The molecule has 0 saturated heterocycles. The molecule has 0 atom stereocenters. The van der Waals surface area contributed by atoms with E-state index in [0.29, 0.717) is 0 Å². The highest BCUT2D eigenvalue weighted by atomic mass is 16.6. The summed E-state index contributed by atoms with van der Waals surface area (Å²) < 4.78 is 5.30. The van der Waals surface area contributed by atoms with Crippen molar-refractivity contribution >= 4 is 16.7 Å². The van der Waals surface area contributed by atoms with E-state index in [0.717, 1.165) is 0 Å². The lowest BCUT2D eigenvalue weighted by atomic mass is 10.0. The van der Waals surface area contributed by atoms with Gasteiger partial charge < -0.3 is 14.4 Å². The Kier molecular flexibility index (Phi) is 2.87. The summed E-state index contributed by atoms with van der Waals surface area (Å²) in [5.41, 5.74) is -1.27. The van der Waals surface area contributed by atoms with Gasteiger partial charge in [-0.2, -0.15) is 0 Å². The second-order valence-corrected chi connectivity index (χ2v) is 4.61. The van der Waals surface area contributed by atoms with E-state index in [2.05, 4.69) is 20.2 Å². The summed E-state index contributed by atoms with van der Waals surface area (Å²) in [5.74, 6) is 0.284. The minimum Gasteiger partial charge on any atom is -0.421 e. The number of aromatic amines is 2. The zero-order valence-electron chi connectivity index (χ0n) is 11.5. The molecule has 3 aromatic rings. The van der Waals surface area contributed by atoms with E-state index in [1.165, 1.54) is 13.0 Å². The highest BCUT2D eigenvalue weighted by molar-refractivity contribution is 5.93. The minimum absolute atomic E-state index is 0.0198. The molecule has 0 aliphatic carbocycles.